The lowest BCUT2D eigenvalue weighted by Gasteiger charge is -2.30. The largest absolute Gasteiger partial charge is 0.337 e. The number of aromatic nitrogens is 2. The molecule has 1 aromatic heterocycles. The average Bonchev–Trinajstić information content (AvgIpc) is 3.10. The summed E-state index contributed by atoms with van der Waals surface area (Å²) in [7, 11) is 1.90. The van der Waals surface area contributed by atoms with Gasteiger partial charge in [0.15, 0.2) is 0 Å². The zero-order valence-electron chi connectivity index (χ0n) is 22.8. The maximum atomic E-state index is 13.5. The average molecular weight is 516 g/mol. The summed E-state index contributed by atoms with van der Waals surface area (Å²) in [5.74, 6) is 0.482. The van der Waals surface area contributed by atoms with Gasteiger partial charge in [-0.05, 0) is 62.8 Å². The van der Waals surface area contributed by atoms with Gasteiger partial charge in [0.05, 0.1) is 11.4 Å². The van der Waals surface area contributed by atoms with Gasteiger partial charge in [0, 0.05) is 69.9 Å². The Kier molecular flexibility index (Phi) is 9.97. The molecule has 0 radical (unpaired) electrons. The van der Waals surface area contributed by atoms with E-state index in [4.69, 9.17) is 11.6 Å². The van der Waals surface area contributed by atoms with Gasteiger partial charge in [0.2, 0.25) is 11.8 Å². The molecule has 36 heavy (non-hydrogen) atoms. The summed E-state index contributed by atoms with van der Waals surface area (Å²) in [6, 6.07) is 6.07. The van der Waals surface area contributed by atoms with Gasteiger partial charge in [-0.25, -0.2) is 0 Å². The van der Waals surface area contributed by atoms with Crippen molar-refractivity contribution in [3.8, 4) is 0 Å². The van der Waals surface area contributed by atoms with Crippen molar-refractivity contribution < 1.29 is 9.59 Å². The molecule has 0 saturated heterocycles. The van der Waals surface area contributed by atoms with E-state index in [-0.39, 0.29) is 17.7 Å². The Hall–Kier alpha value is -2.38. The van der Waals surface area contributed by atoms with Crippen molar-refractivity contribution >= 4 is 29.1 Å². The van der Waals surface area contributed by atoms with Crippen molar-refractivity contribution in [1.29, 1.82) is 0 Å². The van der Waals surface area contributed by atoms with Crippen molar-refractivity contribution in [2.24, 2.45) is 13.0 Å². The molecule has 1 aliphatic rings. The van der Waals surface area contributed by atoms with Crippen LogP contribution in [0.25, 0.3) is 0 Å². The first-order valence-corrected chi connectivity index (χ1v) is 13.5. The number of fused-ring (bicyclic) bond motifs is 1. The molecule has 1 aromatic carbocycles. The van der Waals surface area contributed by atoms with Crippen LogP contribution >= 0.6 is 11.6 Å². The molecular weight excluding hydrogens is 474 g/mol. The van der Waals surface area contributed by atoms with Gasteiger partial charge in [0.1, 0.15) is 0 Å². The van der Waals surface area contributed by atoms with Gasteiger partial charge >= 0.3 is 0 Å². The fourth-order valence-corrected chi connectivity index (χ4v) is 5.03. The van der Waals surface area contributed by atoms with Gasteiger partial charge in [-0.2, -0.15) is 5.10 Å². The van der Waals surface area contributed by atoms with Crippen molar-refractivity contribution in [3.63, 3.8) is 0 Å². The third-order valence-electron chi connectivity index (χ3n) is 6.87. The van der Waals surface area contributed by atoms with Crippen LogP contribution in [-0.2, 0) is 29.6 Å². The van der Waals surface area contributed by atoms with Gasteiger partial charge in [0.25, 0.3) is 0 Å². The summed E-state index contributed by atoms with van der Waals surface area (Å²) in [6.07, 6.45) is 4.42. The number of nitrogens with zero attached hydrogens (tertiary/aromatic N) is 5. The number of hydrogen-bond acceptors (Lipinski definition) is 4. The number of amides is 2. The molecule has 2 aromatic rings. The Morgan fingerprint density at radius 3 is 2.44 bits per heavy atom. The van der Waals surface area contributed by atoms with E-state index in [1.807, 2.05) is 48.2 Å². The minimum absolute atomic E-state index is 0.105. The van der Waals surface area contributed by atoms with Gasteiger partial charge in [-0.15, -0.1) is 0 Å². The second kappa shape index (κ2) is 12.7. The number of halogens is 1. The third kappa shape index (κ3) is 7.56. The number of rotatable bonds is 6. The molecule has 0 saturated carbocycles. The van der Waals surface area contributed by atoms with E-state index in [0.717, 1.165) is 42.0 Å². The van der Waals surface area contributed by atoms with Crippen LogP contribution < -0.4 is 4.90 Å². The number of benzene rings is 1. The molecule has 198 valence electrons. The minimum atomic E-state index is 0.105. The maximum absolute atomic E-state index is 13.5. The zero-order chi connectivity index (χ0) is 26.4. The first-order valence-electron chi connectivity index (χ1n) is 13.1. The molecule has 3 rings (SSSR count). The molecule has 0 fully saturated rings. The quantitative estimate of drug-likeness (QED) is 0.552. The van der Waals surface area contributed by atoms with Crippen LogP contribution in [0.4, 0.5) is 5.69 Å². The van der Waals surface area contributed by atoms with Gasteiger partial charge in [-0.1, -0.05) is 31.5 Å². The molecule has 0 aliphatic carbocycles. The highest BCUT2D eigenvalue weighted by Crippen LogP contribution is 2.29. The van der Waals surface area contributed by atoms with Crippen LogP contribution in [-0.4, -0.2) is 63.6 Å². The van der Waals surface area contributed by atoms with Crippen molar-refractivity contribution in [1.82, 2.24) is 19.6 Å². The molecule has 1 aliphatic heterocycles. The van der Waals surface area contributed by atoms with Crippen molar-refractivity contribution in [2.45, 2.75) is 72.9 Å². The Labute approximate surface area is 221 Å². The lowest BCUT2D eigenvalue weighted by atomic mass is 10.1. The second-order valence-electron chi connectivity index (χ2n) is 10.6. The standard InChI is InChI=1S/C28H42ClN5O2/c1-20(2)16-28(36)34-13-7-12-32(21(3)4)14-15-33(19-24-8-10-25(29)17-26(24)34)27(35)11-9-23-18-31(6)30-22(23)5/h8,10,17-18,20-21H,7,9,11-16,19H2,1-6H3. The fourth-order valence-electron chi connectivity index (χ4n) is 4.86. The first-order chi connectivity index (χ1) is 17.0. The molecule has 0 atom stereocenters. The number of carbonyl (C=O) groups is 2. The topological polar surface area (TPSA) is 61.7 Å². The van der Waals surface area contributed by atoms with E-state index in [9.17, 15) is 9.59 Å². The van der Waals surface area contributed by atoms with E-state index >= 15 is 0 Å². The van der Waals surface area contributed by atoms with Crippen LogP contribution in [0, 0.1) is 12.8 Å². The zero-order valence-corrected chi connectivity index (χ0v) is 23.5. The highest BCUT2D eigenvalue weighted by molar-refractivity contribution is 6.31. The van der Waals surface area contributed by atoms with Crippen molar-refractivity contribution in [3.05, 3.63) is 46.2 Å². The van der Waals surface area contributed by atoms with Crippen LogP contribution in [0.5, 0.6) is 0 Å². The summed E-state index contributed by atoms with van der Waals surface area (Å²) < 4.78 is 1.80. The Morgan fingerprint density at radius 1 is 1.06 bits per heavy atom. The van der Waals surface area contributed by atoms with Crippen LogP contribution in [0.15, 0.2) is 24.4 Å². The molecule has 0 N–H and O–H groups in total. The van der Waals surface area contributed by atoms with Crippen LogP contribution in [0.3, 0.4) is 0 Å². The van der Waals surface area contributed by atoms with E-state index < -0.39 is 0 Å². The van der Waals surface area contributed by atoms with E-state index in [1.54, 1.807) is 4.68 Å². The van der Waals surface area contributed by atoms with Crippen molar-refractivity contribution in [2.75, 3.05) is 31.1 Å². The molecule has 2 amide bonds. The van der Waals surface area contributed by atoms with Gasteiger partial charge in [-0.3, -0.25) is 19.2 Å². The molecule has 2 heterocycles. The smallest absolute Gasteiger partial charge is 0.227 e. The summed E-state index contributed by atoms with van der Waals surface area (Å²) >= 11 is 6.42. The highest BCUT2D eigenvalue weighted by Gasteiger charge is 2.25. The van der Waals surface area contributed by atoms with Crippen LogP contribution in [0.1, 0.15) is 63.8 Å². The normalized spacial score (nSPS) is 15.8. The molecular formula is C28H42ClN5O2. The molecule has 0 unspecified atom stereocenters. The first kappa shape index (κ1) is 28.2. The predicted molar refractivity (Wildman–Crippen MR) is 146 cm³/mol. The van der Waals surface area contributed by atoms with E-state index in [1.165, 1.54) is 0 Å². The second-order valence-corrected chi connectivity index (χ2v) is 11.1. The highest BCUT2D eigenvalue weighted by atomic mass is 35.5. The Balaban J connectivity index is 1.92. The Bertz CT molecular complexity index is 1050. The van der Waals surface area contributed by atoms with E-state index in [2.05, 4.69) is 37.7 Å². The summed E-state index contributed by atoms with van der Waals surface area (Å²) in [6.45, 7) is 13.9. The maximum Gasteiger partial charge on any atom is 0.227 e. The molecule has 8 heteroatoms. The molecule has 7 nitrogen and oxygen atoms in total. The third-order valence-corrected chi connectivity index (χ3v) is 7.11. The van der Waals surface area contributed by atoms with E-state index in [0.29, 0.717) is 50.0 Å². The summed E-state index contributed by atoms with van der Waals surface area (Å²) in [5, 5.41) is 5.01. The predicted octanol–water partition coefficient (Wildman–Crippen LogP) is 4.84. The van der Waals surface area contributed by atoms with Crippen LogP contribution in [0.2, 0.25) is 5.02 Å². The molecule has 0 bridgehead atoms. The number of hydrogen-bond donors (Lipinski definition) is 0. The number of anilines is 1. The lowest BCUT2D eigenvalue weighted by molar-refractivity contribution is -0.132. The number of carbonyl (C=O) groups excluding carboxylic acids is 2. The summed E-state index contributed by atoms with van der Waals surface area (Å²) in [4.78, 5) is 33.1. The SMILES string of the molecule is Cc1nn(C)cc1CCC(=O)N1CCN(C(C)C)CCCN(C(=O)CC(C)C)c2cc(Cl)ccc2C1. The summed E-state index contributed by atoms with van der Waals surface area (Å²) in [5.41, 5.74) is 3.85. The fraction of sp³-hybridized carbons (Fsp3) is 0.607. The molecule has 0 spiro atoms. The van der Waals surface area contributed by atoms with Gasteiger partial charge < -0.3 is 9.80 Å². The lowest BCUT2D eigenvalue weighted by Crippen LogP contribution is -2.41. The monoisotopic (exact) mass is 515 g/mol. The Morgan fingerprint density at radius 2 is 1.81 bits per heavy atom. The number of aryl methyl sites for hydroxylation is 3. The minimum Gasteiger partial charge on any atom is -0.337 e.